The monoisotopic (exact) mass is 356 g/mol. The Bertz CT molecular complexity index is 911. The molecule has 8 nitrogen and oxygen atoms in total. The molecule has 23 heavy (non-hydrogen) atoms. The third kappa shape index (κ3) is 4.03. The zero-order valence-electron chi connectivity index (χ0n) is 11.2. The van der Waals surface area contributed by atoms with Crippen LogP contribution in [0.2, 0.25) is 5.02 Å². The molecule has 3 N–H and O–H groups in total. The number of halogens is 1. The molecule has 0 saturated carbocycles. The Morgan fingerprint density at radius 1 is 1.04 bits per heavy atom. The van der Waals surface area contributed by atoms with E-state index < -0.39 is 26.7 Å². The van der Waals surface area contributed by atoms with Gasteiger partial charge in [0.05, 0.1) is 16.4 Å². The highest BCUT2D eigenvalue weighted by molar-refractivity contribution is 7.86. The number of carbonyl (C=O) groups is 1. The molecule has 0 aromatic heterocycles. The Morgan fingerprint density at radius 2 is 1.61 bits per heavy atom. The maximum Gasteiger partial charge on any atom is 0.339 e. The van der Waals surface area contributed by atoms with Gasteiger partial charge in [0.25, 0.3) is 10.1 Å². The highest BCUT2D eigenvalue weighted by Crippen LogP contribution is 2.28. The zero-order chi connectivity index (χ0) is 17.2. The smallest absolute Gasteiger partial charge is 0.339 e. The molecule has 0 unspecified atom stereocenters. The lowest BCUT2D eigenvalue weighted by Gasteiger charge is -2.02. The third-order valence-electron chi connectivity index (χ3n) is 2.68. The Hall–Kier alpha value is -2.49. The van der Waals surface area contributed by atoms with Crippen LogP contribution in [0, 0.1) is 0 Å². The summed E-state index contributed by atoms with van der Waals surface area (Å²) in [6, 6.07) is 7.16. The number of aromatic carboxylic acids is 1. The summed E-state index contributed by atoms with van der Waals surface area (Å²) in [6.07, 6.45) is 0. The van der Waals surface area contributed by atoms with Crippen LogP contribution in [0.4, 0.5) is 11.4 Å². The third-order valence-corrected chi connectivity index (χ3v) is 4.02. The van der Waals surface area contributed by atoms with Gasteiger partial charge >= 0.3 is 5.97 Å². The first-order valence-corrected chi connectivity index (χ1v) is 7.75. The van der Waals surface area contributed by atoms with Gasteiger partial charge in [0.15, 0.2) is 0 Å². The van der Waals surface area contributed by atoms with Gasteiger partial charge in [-0.3, -0.25) is 4.55 Å². The molecule has 0 saturated heterocycles. The van der Waals surface area contributed by atoms with Crippen LogP contribution in [-0.2, 0) is 10.1 Å². The first-order valence-electron chi connectivity index (χ1n) is 5.93. The van der Waals surface area contributed by atoms with Crippen LogP contribution in [0.15, 0.2) is 51.5 Å². The van der Waals surface area contributed by atoms with Crippen LogP contribution in [-0.4, -0.2) is 29.2 Å². The van der Waals surface area contributed by atoms with Crippen molar-refractivity contribution in [3.63, 3.8) is 0 Å². The van der Waals surface area contributed by atoms with Gasteiger partial charge < -0.3 is 10.2 Å². The second-order valence-corrected chi connectivity index (χ2v) is 6.09. The van der Waals surface area contributed by atoms with Crippen molar-refractivity contribution < 1.29 is 28.0 Å². The van der Waals surface area contributed by atoms with Crippen molar-refractivity contribution >= 4 is 39.1 Å². The molecule has 2 aromatic carbocycles. The number of benzene rings is 2. The van der Waals surface area contributed by atoms with E-state index in [2.05, 4.69) is 10.2 Å². The molecule has 0 bridgehead atoms. The molecular formula is C13H9ClN2O6S. The topological polar surface area (TPSA) is 137 Å². The van der Waals surface area contributed by atoms with Gasteiger partial charge in [-0.05, 0) is 36.4 Å². The maximum absolute atomic E-state index is 11.1. The number of phenols is 1. The standard InChI is InChI=1S/C13H9ClN2O6S/c14-10-3-1-8(6-12(10)23(20,21)22)16-15-7-2-4-11(17)9(5-7)13(18)19/h1-6,17H,(H,18,19)(H,20,21,22). The minimum atomic E-state index is -4.51. The summed E-state index contributed by atoms with van der Waals surface area (Å²) >= 11 is 5.67. The number of carboxylic acid groups (broad SMARTS) is 1. The highest BCUT2D eigenvalue weighted by Gasteiger charge is 2.15. The van der Waals surface area contributed by atoms with Crippen LogP contribution in [0.3, 0.4) is 0 Å². The number of rotatable bonds is 4. The minimum absolute atomic E-state index is 0.0759. The molecule has 10 heteroatoms. The van der Waals surface area contributed by atoms with Crippen LogP contribution < -0.4 is 0 Å². The molecular weight excluding hydrogens is 348 g/mol. The first kappa shape index (κ1) is 16.9. The molecule has 0 heterocycles. The van der Waals surface area contributed by atoms with Gasteiger partial charge in [0.2, 0.25) is 0 Å². The summed E-state index contributed by atoms with van der Waals surface area (Å²) in [5, 5.41) is 25.6. The molecule has 0 radical (unpaired) electrons. The second-order valence-electron chi connectivity index (χ2n) is 4.30. The Kier molecular flexibility index (Phi) is 4.64. The lowest BCUT2D eigenvalue weighted by Crippen LogP contribution is -1.98. The number of aromatic hydroxyl groups is 1. The summed E-state index contributed by atoms with van der Waals surface area (Å²) in [5.41, 5.74) is -0.147. The number of hydrogen-bond acceptors (Lipinski definition) is 6. The van der Waals surface area contributed by atoms with Crippen LogP contribution in [0.25, 0.3) is 0 Å². The van der Waals surface area contributed by atoms with Gasteiger partial charge in [-0.15, -0.1) is 0 Å². The number of hydrogen-bond donors (Lipinski definition) is 3. The molecule has 0 spiro atoms. The van der Waals surface area contributed by atoms with E-state index in [1.165, 1.54) is 18.2 Å². The molecule has 0 aliphatic carbocycles. The average molecular weight is 357 g/mol. The molecule has 0 fully saturated rings. The van der Waals surface area contributed by atoms with Gasteiger partial charge in [0.1, 0.15) is 16.2 Å². The predicted molar refractivity (Wildman–Crippen MR) is 80.5 cm³/mol. The largest absolute Gasteiger partial charge is 0.507 e. The van der Waals surface area contributed by atoms with Crippen molar-refractivity contribution in [3.05, 3.63) is 47.0 Å². The fourth-order valence-corrected chi connectivity index (χ4v) is 2.62. The average Bonchev–Trinajstić information content (AvgIpc) is 2.46. The van der Waals surface area contributed by atoms with E-state index >= 15 is 0 Å². The van der Waals surface area contributed by atoms with E-state index in [1.54, 1.807) is 0 Å². The quantitative estimate of drug-likeness (QED) is 0.567. The summed E-state index contributed by atoms with van der Waals surface area (Å²) in [7, 11) is -4.51. The summed E-state index contributed by atoms with van der Waals surface area (Å²) in [6.45, 7) is 0. The predicted octanol–water partition coefficient (Wildman–Crippen LogP) is 3.41. The molecule has 2 aromatic rings. The van der Waals surface area contributed by atoms with Crippen molar-refractivity contribution in [3.8, 4) is 5.75 Å². The second kappa shape index (κ2) is 6.32. The van der Waals surface area contributed by atoms with Gasteiger partial charge in [-0.25, -0.2) is 4.79 Å². The molecule has 0 amide bonds. The van der Waals surface area contributed by atoms with E-state index in [1.807, 2.05) is 0 Å². The number of azo groups is 1. The van der Waals surface area contributed by atoms with Crippen molar-refractivity contribution in [2.75, 3.05) is 0 Å². The number of carboxylic acids is 1. The number of nitrogens with zero attached hydrogens (tertiary/aromatic N) is 2. The summed E-state index contributed by atoms with van der Waals surface area (Å²) < 4.78 is 31.3. The van der Waals surface area contributed by atoms with Gasteiger partial charge in [-0.2, -0.15) is 18.6 Å². The SMILES string of the molecule is O=C(O)c1cc(N=Nc2ccc(Cl)c(S(=O)(=O)O)c2)ccc1O. The van der Waals surface area contributed by atoms with Gasteiger partial charge in [0, 0.05) is 0 Å². The van der Waals surface area contributed by atoms with E-state index in [4.69, 9.17) is 21.3 Å². The Labute approximate surface area is 135 Å². The summed E-state index contributed by atoms with van der Waals surface area (Å²) in [4.78, 5) is 10.4. The normalized spacial score (nSPS) is 11.7. The van der Waals surface area contributed by atoms with Crippen LogP contribution in [0.1, 0.15) is 10.4 Å². The van der Waals surface area contributed by atoms with Crippen molar-refractivity contribution in [2.24, 2.45) is 10.2 Å². The van der Waals surface area contributed by atoms with Crippen molar-refractivity contribution in [1.29, 1.82) is 0 Å². The molecule has 120 valence electrons. The lowest BCUT2D eigenvalue weighted by molar-refractivity contribution is 0.0693. The molecule has 2 rings (SSSR count). The van der Waals surface area contributed by atoms with E-state index in [0.717, 1.165) is 18.2 Å². The van der Waals surface area contributed by atoms with E-state index in [9.17, 15) is 18.3 Å². The maximum atomic E-state index is 11.1. The fourth-order valence-electron chi connectivity index (χ4n) is 1.62. The van der Waals surface area contributed by atoms with Crippen molar-refractivity contribution in [2.45, 2.75) is 4.90 Å². The molecule has 0 aliphatic rings. The zero-order valence-corrected chi connectivity index (χ0v) is 12.8. The van der Waals surface area contributed by atoms with Gasteiger partial charge in [-0.1, -0.05) is 11.6 Å². The van der Waals surface area contributed by atoms with E-state index in [-0.39, 0.29) is 22.0 Å². The minimum Gasteiger partial charge on any atom is -0.507 e. The Morgan fingerprint density at radius 3 is 2.17 bits per heavy atom. The Balaban J connectivity index is 2.38. The summed E-state index contributed by atoms with van der Waals surface area (Å²) in [5.74, 6) is -1.75. The van der Waals surface area contributed by atoms with Crippen molar-refractivity contribution in [1.82, 2.24) is 0 Å². The molecule has 0 aliphatic heterocycles. The van der Waals surface area contributed by atoms with Crippen LogP contribution in [0.5, 0.6) is 5.75 Å². The lowest BCUT2D eigenvalue weighted by atomic mass is 10.2. The van der Waals surface area contributed by atoms with Crippen LogP contribution >= 0.6 is 11.6 Å². The molecule has 0 atom stereocenters. The van der Waals surface area contributed by atoms with E-state index in [0.29, 0.717) is 0 Å². The first-order chi connectivity index (χ1) is 10.7. The highest BCUT2D eigenvalue weighted by atomic mass is 35.5. The fraction of sp³-hybridized carbons (Fsp3) is 0.